The Morgan fingerprint density at radius 3 is 2.71 bits per heavy atom. The third kappa shape index (κ3) is 2.90. The molecule has 0 amide bonds. The minimum absolute atomic E-state index is 0.169. The summed E-state index contributed by atoms with van der Waals surface area (Å²) in [6.45, 7) is 0. The van der Waals surface area contributed by atoms with E-state index in [2.05, 4.69) is 15.9 Å². The van der Waals surface area contributed by atoms with E-state index in [4.69, 9.17) is 14.9 Å². The molecular formula is C13H14BrNO2. The van der Waals surface area contributed by atoms with Gasteiger partial charge < -0.3 is 14.9 Å². The maximum atomic E-state index is 6.09. The first-order chi connectivity index (χ1) is 8.20. The molecule has 2 N–H and O–H groups in total. The van der Waals surface area contributed by atoms with Crippen molar-refractivity contribution in [3.63, 3.8) is 0 Å². The number of methoxy groups -OCH3 is 1. The molecule has 1 aromatic carbocycles. The van der Waals surface area contributed by atoms with Gasteiger partial charge in [-0.25, -0.2) is 0 Å². The van der Waals surface area contributed by atoms with Gasteiger partial charge in [0.2, 0.25) is 0 Å². The second-order valence-electron chi connectivity index (χ2n) is 3.76. The molecule has 2 aromatic rings. The van der Waals surface area contributed by atoms with E-state index in [-0.39, 0.29) is 6.04 Å². The summed E-state index contributed by atoms with van der Waals surface area (Å²) in [7, 11) is 1.66. The number of furan rings is 1. The van der Waals surface area contributed by atoms with E-state index in [1.165, 1.54) is 0 Å². The molecule has 0 spiro atoms. The Bertz CT molecular complexity index is 496. The number of benzene rings is 1. The maximum absolute atomic E-state index is 6.09. The highest BCUT2D eigenvalue weighted by molar-refractivity contribution is 9.10. The number of hydrogen-bond acceptors (Lipinski definition) is 3. The van der Waals surface area contributed by atoms with Crippen LogP contribution in [0.25, 0.3) is 0 Å². The Morgan fingerprint density at radius 2 is 2.06 bits per heavy atom. The Labute approximate surface area is 109 Å². The molecule has 0 aliphatic rings. The molecule has 17 heavy (non-hydrogen) atoms. The molecule has 0 fully saturated rings. The van der Waals surface area contributed by atoms with Crippen LogP contribution in [0.3, 0.4) is 0 Å². The first-order valence-corrected chi connectivity index (χ1v) is 6.12. The lowest BCUT2D eigenvalue weighted by molar-refractivity contribution is 0.403. The van der Waals surface area contributed by atoms with Gasteiger partial charge in [0.05, 0.1) is 13.2 Å². The number of ether oxygens (including phenoxy) is 1. The van der Waals surface area contributed by atoms with Crippen molar-refractivity contribution in [1.82, 2.24) is 0 Å². The fourth-order valence-electron chi connectivity index (χ4n) is 1.74. The van der Waals surface area contributed by atoms with Crippen LogP contribution in [0.2, 0.25) is 0 Å². The van der Waals surface area contributed by atoms with Crippen LogP contribution < -0.4 is 10.5 Å². The summed E-state index contributed by atoms with van der Waals surface area (Å²) in [6, 6.07) is 11.4. The van der Waals surface area contributed by atoms with Gasteiger partial charge in [-0.2, -0.15) is 0 Å². The molecule has 1 aromatic heterocycles. The number of nitrogens with two attached hydrogens (primary N) is 1. The molecule has 90 valence electrons. The van der Waals surface area contributed by atoms with Crippen LogP contribution in [0.1, 0.15) is 17.4 Å². The van der Waals surface area contributed by atoms with Crippen LogP contribution in [0.15, 0.2) is 45.5 Å². The smallest absolute Gasteiger partial charge is 0.169 e. The fourth-order valence-corrected chi connectivity index (χ4v) is 2.06. The molecule has 0 radical (unpaired) electrons. The zero-order chi connectivity index (χ0) is 12.3. The average molecular weight is 296 g/mol. The van der Waals surface area contributed by atoms with Crippen molar-refractivity contribution in [3.8, 4) is 5.75 Å². The summed E-state index contributed by atoms with van der Waals surface area (Å²) >= 11 is 3.27. The average Bonchev–Trinajstić information content (AvgIpc) is 2.77. The van der Waals surface area contributed by atoms with Gasteiger partial charge in [0, 0.05) is 0 Å². The molecule has 0 aliphatic heterocycles. The van der Waals surface area contributed by atoms with E-state index >= 15 is 0 Å². The zero-order valence-electron chi connectivity index (χ0n) is 9.52. The topological polar surface area (TPSA) is 48.4 Å². The first-order valence-electron chi connectivity index (χ1n) is 5.33. The highest BCUT2D eigenvalue weighted by atomic mass is 79.9. The van der Waals surface area contributed by atoms with Crippen LogP contribution in [-0.4, -0.2) is 7.11 Å². The van der Waals surface area contributed by atoms with Crippen LogP contribution in [0, 0.1) is 0 Å². The molecule has 0 saturated carbocycles. The lowest BCUT2D eigenvalue weighted by Gasteiger charge is -2.12. The number of hydrogen-bond donors (Lipinski definition) is 1. The van der Waals surface area contributed by atoms with Crippen molar-refractivity contribution >= 4 is 15.9 Å². The maximum Gasteiger partial charge on any atom is 0.169 e. The monoisotopic (exact) mass is 295 g/mol. The summed E-state index contributed by atoms with van der Waals surface area (Å²) in [4.78, 5) is 0. The largest absolute Gasteiger partial charge is 0.496 e. The summed E-state index contributed by atoms with van der Waals surface area (Å²) in [5.41, 5.74) is 7.17. The molecule has 0 aliphatic carbocycles. The zero-order valence-corrected chi connectivity index (χ0v) is 11.1. The van der Waals surface area contributed by atoms with Gasteiger partial charge in [-0.3, -0.25) is 0 Å². The Balaban J connectivity index is 2.15. The standard InChI is InChI=1S/C13H14BrNO2/c1-16-11-5-3-2-4-9(11)8-10(15)12-6-7-13(14)17-12/h2-7,10H,8,15H2,1H3. The van der Waals surface area contributed by atoms with Gasteiger partial charge in [-0.05, 0) is 46.1 Å². The lowest BCUT2D eigenvalue weighted by Crippen LogP contribution is -2.13. The van der Waals surface area contributed by atoms with Crippen LogP contribution >= 0.6 is 15.9 Å². The van der Waals surface area contributed by atoms with E-state index in [0.717, 1.165) is 17.1 Å². The third-order valence-corrected chi connectivity index (χ3v) is 3.02. The van der Waals surface area contributed by atoms with Gasteiger partial charge in [0.15, 0.2) is 4.67 Å². The normalized spacial score (nSPS) is 12.4. The SMILES string of the molecule is COc1ccccc1CC(N)c1ccc(Br)o1. The van der Waals surface area contributed by atoms with Gasteiger partial charge in [-0.15, -0.1) is 0 Å². The molecule has 0 bridgehead atoms. The van der Waals surface area contributed by atoms with E-state index < -0.39 is 0 Å². The Hall–Kier alpha value is -1.26. The molecule has 2 rings (SSSR count). The second kappa shape index (κ2) is 5.38. The van der Waals surface area contributed by atoms with Crippen molar-refractivity contribution in [3.05, 3.63) is 52.4 Å². The summed E-state index contributed by atoms with van der Waals surface area (Å²) < 4.78 is 11.4. The molecule has 1 unspecified atom stereocenters. The van der Waals surface area contributed by atoms with Crippen molar-refractivity contribution in [1.29, 1.82) is 0 Å². The van der Waals surface area contributed by atoms with Crippen LogP contribution in [-0.2, 0) is 6.42 Å². The second-order valence-corrected chi connectivity index (χ2v) is 4.55. The van der Waals surface area contributed by atoms with Gasteiger partial charge in [0.1, 0.15) is 11.5 Å². The Kier molecular flexibility index (Phi) is 3.86. The third-order valence-electron chi connectivity index (χ3n) is 2.59. The van der Waals surface area contributed by atoms with E-state index in [9.17, 15) is 0 Å². The van der Waals surface area contributed by atoms with E-state index in [1.807, 2.05) is 36.4 Å². The predicted molar refractivity (Wildman–Crippen MR) is 70.0 cm³/mol. The van der Waals surface area contributed by atoms with Gasteiger partial charge in [-0.1, -0.05) is 18.2 Å². The quantitative estimate of drug-likeness (QED) is 0.941. The minimum atomic E-state index is -0.169. The highest BCUT2D eigenvalue weighted by Crippen LogP contribution is 2.25. The first kappa shape index (κ1) is 12.2. The minimum Gasteiger partial charge on any atom is -0.496 e. The van der Waals surface area contributed by atoms with E-state index in [1.54, 1.807) is 7.11 Å². The van der Waals surface area contributed by atoms with Crippen molar-refractivity contribution in [2.45, 2.75) is 12.5 Å². The number of para-hydroxylation sites is 1. The number of halogens is 1. The van der Waals surface area contributed by atoms with Crippen LogP contribution in [0.4, 0.5) is 0 Å². The van der Waals surface area contributed by atoms with Gasteiger partial charge >= 0.3 is 0 Å². The number of rotatable bonds is 4. The molecule has 4 heteroatoms. The predicted octanol–water partition coefficient (Wildman–Crippen LogP) is 3.29. The van der Waals surface area contributed by atoms with Crippen molar-refractivity contribution in [2.24, 2.45) is 5.73 Å². The van der Waals surface area contributed by atoms with Crippen molar-refractivity contribution in [2.75, 3.05) is 7.11 Å². The van der Waals surface area contributed by atoms with Crippen molar-refractivity contribution < 1.29 is 9.15 Å². The summed E-state index contributed by atoms with van der Waals surface area (Å²) in [5.74, 6) is 1.62. The highest BCUT2D eigenvalue weighted by Gasteiger charge is 2.13. The van der Waals surface area contributed by atoms with E-state index in [0.29, 0.717) is 11.1 Å². The molecule has 1 heterocycles. The Morgan fingerprint density at radius 1 is 1.29 bits per heavy atom. The fraction of sp³-hybridized carbons (Fsp3) is 0.231. The summed E-state index contributed by atoms with van der Waals surface area (Å²) in [5, 5.41) is 0. The lowest BCUT2D eigenvalue weighted by atomic mass is 10.0. The molecule has 3 nitrogen and oxygen atoms in total. The molecule has 0 saturated heterocycles. The van der Waals surface area contributed by atoms with Gasteiger partial charge in [0.25, 0.3) is 0 Å². The van der Waals surface area contributed by atoms with Crippen LogP contribution in [0.5, 0.6) is 5.75 Å². The molecular weight excluding hydrogens is 282 g/mol. The summed E-state index contributed by atoms with van der Waals surface area (Å²) in [6.07, 6.45) is 0.684. The molecule has 1 atom stereocenters.